The van der Waals surface area contributed by atoms with Crippen LogP contribution in [0, 0.1) is 0 Å². The zero-order valence-corrected chi connectivity index (χ0v) is 18.9. The fraction of sp³-hybridized carbons (Fsp3) is 0.250. The molecule has 4 rings (SSSR count). The van der Waals surface area contributed by atoms with Gasteiger partial charge < -0.3 is 9.64 Å². The first-order valence-electron chi connectivity index (χ1n) is 10.4. The summed E-state index contributed by atoms with van der Waals surface area (Å²) in [6.07, 6.45) is 0.791. The van der Waals surface area contributed by atoms with Crippen LogP contribution < -0.4 is 4.74 Å². The van der Waals surface area contributed by atoms with E-state index in [1.165, 1.54) is 9.67 Å². The summed E-state index contributed by atoms with van der Waals surface area (Å²) in [5, 5.41) is 14.7. The molecule has 32 heavy (non-hydrogen) atoms. The molecule has 0 fully saturated rings. The molecule has 0 radical (unpaired) electrons. The van der Waals surface area contributed by atoms with E-state index in [0.717, 1.165) is 23.3 Å². The predicted octanol–water partition coefficient (Wildman–Crippen LogP) is 4.07. The van der Waals surface area contributed by atoms with Crippen LogP contribution in [-0.4, -0.2) is 44.2 Å². The average Bonchev–Trinajstić information content (AvgIpc) is 3.50. The Morgan fingerprint density at radius 1 is 1.09 bits per heavy atom. The largest absolute Gasteiger partial charge is 0.497 e. The molecule has 0 unspecified atom stereocenters. The summed E-state index contributed by atoms with van der Waals surface area (Å²) in [6.45, 7) is 2.60. The average molecular weight is 448 g/mol. The number of rotatable bonds is 9. The van der Waals surface area contributed by atoms with Crippen LogP contribution in [0.15, 0.2) is 72.1 Å². The summed E-state index contributed by atoms with van der Waals surface area (Å²) in [5.41, 5.74) is 1.90. The van der Waals surface area contributed by atoms with Crippen LogP contribution in [0.2, 0.25) is 0 Å². The Kier molecular flexibility index (Phi) is 6.91. The number of hydrogen-bond acceptors (Lipinski definition) is 6. The number of tetrazole rings is 1. The van der Waals surface area contributed by atoms with Crippen molar-refractivity contribution in [1.82, 2.24) is 25.1 Å². The highest BCUT2D eigenvalue weighted by Crippen LogP contribution is 2.19. The molecular weight excluding hydrogens is 422 g/mol. The smallest absolute Gasteiger partial charge is 0.246 e. The van der Waals surface area contributed by atoms with Gasteiger partial charge in [-0.25, -0.2) is 0 Å². The van der Waals surface area contributed by atoms with E-state index in [0.29, 0.717) is 12.4 Å². The normalized spacial score (nSPS) is 11.8. The maximum Gasteiger partial charge on any atom is 0.246 e. The van der Waals surface area contributed by atoms with Gasteiger partial charge in [0.15, 0.2) is 0 Å². The van der Waals surface area contributed by atoms with Gasteiger partial charge in [0.1, 0.15) is 12.3 Å². The molecule has 4 aromatic rings. The number of hydrogen-bond donors (Lipinski definition) is 0. The maximum absolute atomic E-state index is 13.3. The third-order valence-electron chi connectivity index (χ3n) is 5.20. The molecule has 7 nitrogen and oxygen atoms in total. The van der Waals surface area contributed by atoms with Crippen molar-refractivity contribution in [3.63, 3.8) is 0 Å². The number of methoxy groups -OCH3 is 1. The van der Waals surface area contributed by atoms with Crippen LogP contribution >= 0.6 is 11.3 Å². The molecular formula is C24H25N5O2S. The standard InChI is InChI=1S/C24H25N5O2S/c1-18(15-22-9-6-14-32-22)28(16-19-10-12-21(31-2)13-11-19)23(30)17-29-26-24(25-27-29)20-7-4-3-5-8-20/h3-14,18H,15-17H2,1-2H3/t18-/m0/s1. The van der Waals surface area contributed by atoms with E-state index in [1.807, 2.05) is 65.6 Å². The second-order valence-corrected chi connectivity index (χ2v) is 8.54. The molecule has 164 valence electrons. The van der Waals surface area contributed by atoms with Crippen molar-refractivity contribution in [3.8, 4) is 17.1 Å². The number of carbonyl (C=O) groups excluding carboxylic acids is 1. The SMILES string of the molecule is COc1ccc(CN(C(=O)Cn2nnc(-c3ccccc3)n2)[C@@H](C)Cc2cccs2)cc1. The van der Waals surface area contributed by atoms with E-state index in [1.54, 1.807) is 18.4 Å². The highest BCUT2D eigenvalue weighted by atomic mass is 32.1. The highest BCUT2D eigenvalue weighted by molar-refractivity contribution is 7.09. The summed E-state index contributed by atoms with van der Waals surface area (Å²) >= 11 is 1.70. The predicted molar refractivity (Wildman–Crippen MR) is 124 cm³/mol. The lowest BCUT2D eigenvalue weighted by Gasteiger charge is -2.29. The van der Waals surface area contributed by atoms with Crippen molar-refractivity contribution in [2.75, 3.05) is 7.11 Å². The van der Waals surface area contributed by atoms with Crippen molar-refractivity contribution in [3.05, 3.63) is 82.6 Å². The van der Waals surface area contributed by atoms with Crippen LogP contribution in [0.5, 0.6) is 5.75 Å². The van der Waals surface area contributed by atoms with E-state index in [2.05, 4.69) is 33.8 Å². The van der Waals surface area contributed by atoms with Gasteiger partial charge in [-0.15, -0.1) is 21.5 Å². The van der Waals surface area contributed by atoms with Gasteiger partial charge in [0, 0.05) is 29.4 Å². The second kappa shape index (κ2) is 10.2. The molecule has 0 aliphatic carbocycles. The monoisotopic (exact) mass is 447 g/mol. The lowest BCUT2D eigenvalue weighted by molar-refractivity contribution is -0.135. The lowest BCUT2D eigenvalue weighted by atomic mass is 10.1. The van der Waals surface area contributed by atoms with Gasteiger partial charge in [0.25, 0.3) is 0 Å². The summed E-state index contributed by atoms with van der Waals surface area (Å²) in [7, 11) is 1.64. The topological polar surface area (TPSA) is 73.1 Å². The molecule has 0 saturated carbocycles. The Morgan fingerprint density at radius 3 is 2.56 bits per heavy atom. The third kappa shape index (κ3) is 5.39. The fourth-order valence-electron chi connectivity index (χ4n) is 3.47. The Balaban J connectivity index is 1.51. The number of ether oxygens (including phenoxy) is 1. The van der Waals surface area contributed by atoms with Crippen LogP contribution in [0.25, 0.3) is 11.4 Å². The van der Waals surface area contributed by atoms with Gasteiger partial charge in [-0.2, -0.15) is 4.80 Å². The molecule has 0 bridgehead atoms. The Morgan fingerprint density at radius 2 is 1.88 bits per heavy atom. The Hall–Kier alpha value is -3.52. The van der Waals surface area contributed by atoms with E-state index in [-0.39, 0.29) is 18.5 Å². The second-order valence-electron chi connectivity index (χ2n) is 7.51. The number of benzene rings is 2. The number of thiophene rings is 1. The van der Waals surface area contributed by atoms with Crippen LogP contribution in [-0.2, 0) is 24.3 Å². The summed E-state index contributed by atoms with van der Waals surface area (Å²) in [4.78, 5) is 17.8. The molecule has 0 spiro atoms. The molecule has 8 heteroatoms. The summed E-state index contributed by atoms with van der Waals surface area (Å²) in [5.74, 6) is 1.24. The Labute approximate surface area is 191 Å². The van der Waals surface area contributed by atoms with Gasteiger partial charge >= 0.3 is 0 Å². The number of nitrogens with zero attached hydrogens (tertiary/aromatic N) is 5. The molecule has 2 aromatic heterocycles. The van der Waals surface area contributed by atoms with Crippen molar-refractivity contribution in [1.29, 1.82) is 0 Å². The third-order valence-corrected chi connectivity index (χ3v) is 6.10. The van der Waals surface area contributed by atoms with E-state index in [4.69, 9.17) is 4.74 Å². The van der Waals surface area contributed by atoms with Crippen molar-refractivity contribution in [2.24, 2.45) is 0 Å². The molecule has 2 heterocycles. The number of carbonyl (C=O) groups is 1. The summed E-state index contributed by atoms with van der Waals surface area (Å²) < 4.78 is 5.25. The van der Waals surface area contributed by atoms with Gasteiger partial charge in [0.05, 0.1) is 7.11 Å². The zero-order chi connectivity index (χ0) is 22.3. The first-order valence-corrected chi connectivity index (χ1v) is 11.3. The van der Waals surface area contributed by atoms with Gasteiger partial charge in [-0.05, 0) is 41.3 Å². The van der Waals surface area contributed by atoms with Crippen molar-refractivity contribution < 1.29 is 9.53 Å². The fourth-order valence-corrected chi connectivity index (χ4v) is 4.30. The van der Waals surface area contributed by atoms with Gasteiger partial charge in [-0.1, -0.05) is 48.5 Å². The molecule has 0 N–H and O–H groups in total. The molecule has 1 atom stereocenters. The quantitative estimate of drug-likeness (QED) is 0.387. The molecule has 2 aromatic carbocycles. The summed E-state index contributed by atoms with van der Waals surface area (Å²) in [6, 6.07) is 21.5. The highest BCUT2D eigenvalue weighted by Gasteiger charge is 2.22. The lowest BCUT2D eigenvalue weighted by Crippen LogP contribution is -2.41. The zero-order valence-electron chi connectivity index (χ0n) is 18.1. The first kappa shape index (κ1) is 21.7. The molecule has 0 aliphatic rings. The van der Waals surface area contributed by atoms with Crippen LogP contribution in [0.4, 0.5) is 0 Å². The maximum atomic E-state index is 13.3. The Bertz CT molecular complexity index is 1130. The first-order chi connectivity index (χ1) is 15.6. The van der Waals surface area contributed by atoms with Gasteiger partial charge in [0.2, 0.25) is 11.7 Å². The number of amides is 1. The minimum absolute atomic E-state index is 0.0142. The minimum Gasteiger partial charge on any atom is -0.497 e. The van der Waals surface area contributed by atoms with Crippen LogP contribution in [0.1, 0.15) is 17.4 Å². The van der Waals surface area contributed by atoms with E-state index < -0.39 is 0 Å². The van der Waals surface area contributed by atoms with Crippen molar-refractivity contribution >= 4 is 17.2 Å². The van der Waals surface area contributed by atoms with Crippen LogP contribution in [0.3, 0.4) is 0 Å². The number of aromatic nitrogens is 4. The molecule has 0 saturated heterocycles. The molecule has 1 amide bonds. The van der Waals surface area contributed by atoms with Crippen molar-refractivity contribution in [2.45, 2.75) is 32.5 Å². The van der Waals surface area contributed by atoms with E-state index in [9.17, 15) is 4.79 Å². The van der Waals surface area contributed by atoms with Gasteiger partial charge in [-0.3, -0.25) is 4.79 Å². The molecule has 0 aliphatic heterocycles. The minimum atomic E-state index is -0.0538. The van der Waals surface area contributed by atoms with E-state index >= 15 is 0 Å².